The van der Waals surface area contributed by atoms with Gasteiger partial charge in [-0.25, -0.2) is 0 Å². The first-order chi connectivity index (χ1) is 21.8. The number of hydrogen-bond acceptors (Lipinski definition) is 1. The topological polar surface area (TPSA) is 3.24 Å². The molecule has 0 aromatic heterocycles. The van der Waals surface area contributed by atoms with Gasteiger partial charge in [0.1, 0.15) is 0 Å². The smallest absolute Gasteiger partial charge is 0.0468 e. The lowest BCUT2D eigenvalue weighted by molar-refractivity contribution is 0.366. The summed E-state index contributed by atoms with van der Waals surface area (Å²) in [7, 11) is 0. The van der Waals surface area contributed by atoms with E-state index in [0.29, 0.717) is 0 Å². The quantitative estimate of drug-likeness (QED) is 0.195. The minimum absolute atomic E-state index is 0.0936. The van der Waals surface area contributed by atoms with E-state index in [0.717, 1.165) is 17.8 Å². The van der Waals surface area contributed by atoms with E-state index in [9.17, 15) is 0 Å². The molecule has 5 aromatic rings. The lowest BCUT2D eigenvalue weighted by Gasteiger charge is -2.37. The predicted octanol–water partition coefficient (Wildman–Crippen LogP) is 12.2. The fourth-order valence-corrected chi connectivity index (χ4v) is 9.23. The Morgan fingerprint density at radius 2 is 1.11 bits per heavy atom. The molecule has 3 aliphatic rings. The first kappa shape index (κ1) is 27.7. The number of anilines is 3. The Hall–Kier alpha value is -3.84. The van der Waals surface area contributed by atoms with Crippen LogP contribution in [0.15, 0.2) is 121 Å². The molecule has 5 aromatic carbocycles. The molecule has 44 heavy (non-hydrogen) atoms. The maximum Gasteiger partial charge on any atom is 0.0468 e. The zero-order chi connectivity index (χ0) is 29.3. The van der Waals surface area contributed by atoms with Crippen molar-refractivity contribution >= 4 is 27.8 Å². The molecule has 222 valence electrons. The van der Waals surface area contributed by atoms with Gasteiger partial charge in [-0.15, -0.1) is 0 Å². The van der Waals surface area contributed by atoms with Crippen molar-refractivity contribution in [2.24, 2.45) is 11.8 Å². The second kappa shape index (κ2) is 11.9. The van der Waals surface area contributed by atoms with Crippen LogP contribution in [0.25, 0.3) is 10.8 Å². The van der Waals surface area contributed by atoms with Crippen LogP contribution in [0.2, 0.25) is 0 Å². The maximum atomic E-state index is 2.47. The predicted molar refractivity (Wildman–Crippen MR) is 186 cm³/mol. The molecule has 0 aliphatic heterocycles. The minimum Gasteiger partial charge on any atom is -0.310 e. The van der Waals surface area contributed by atoms with E-state index in [4.69, 9.17) is 0 Å². The van der Waals surface area contributed by atoms with Gasteiger partial charge in [-0.3, -0.25) is 0 Å². The van der Waals surface area contributed by atoms with Crippen LogP contribution in [-0.4, -0.2) is 0 Å². The number of nitrogens with zero attached hydrogens (tertiary/aromatic N) is 1. The van der Waals surface area contributed by atoms with Crippen molar-refractivity contribution < 1.29 is 0 Å². The van der Waals surface area contributed by atoms with Gasteiger partial charge in [0, 0.05) is 22.5 Å². The largest absolute Gasteiger partial charge is 0.310 e. The van der Waals surface area contributed by atoms with Crippen molar-refractivity contribution in [2.45, 2.75) is 82.0 Å². The van der Waals surface area contributed by atoms with E-state index in [2.05, 4.69) is 126 Å². The molecule has 3 aliphatic carbocycles. The molecule has 0 heterocycles. The third kappa shape index (κ3) is 5.15. The van der Waals surface area contributed by atoms with Crippen LogP contribution in [-0.2, 0) is 5.41 Å². The normalized spacial score (nSPS) is 22.9. The average molecular weight is 576 g/mol. The Labute approximate surface area is 264 Å². The van der Waals surface area contributed by atoms with E-state index >= 15 is 0 Å². The number of fused-ring (bicyclic) bond motifs is 3. The summed E-state index contributed by atoms with van der Waals surface area (Å²) in [5.74, 6) is 2.63. The first-order valence-electron chi connectivity index (χ1n) is 17.3. The standard InChI is InChI=1S/C43H45N/c1-2-9-27-43(28-10-3-1,37-13-5-4-6-14-37)38-20-25-40(26-21-38)44(41-24-17-33-11-7-8-12-35(33)31-41)39-22-18-34(19-23-39)42-30-32-15-16-36(42)29-32/h4-8,11-14,17-26,31-32,36,42H,1-3,9-10,15-16,27-30H2. The van der Waals surface area contributed by atoms with Gasteiger partial charge in [-0.2, -0.15) is 0 Å². The van der Waals surface area contributed by atoms with Gasteiger partial charge in [0.15, 0.2) is 0 Å². The average Bonchev–Trinajstić information content (AvgIpc) is 3.71. The summed E-state index contributed by atoms with van der Waals surface area (Å²) in [5.41, 5.74) is 8.28. The molecule has 3 atom stereocenters. The van der Waals surface area contributed by atoms with Crippen LogP contribution < -0.4 is 4.90 Å². The lowest BCUT2D eigenvalue weighted by atomic mass is 9.67. The Morgan fingerprint density at radius 3 is 1.80 bits per heavy atom. The SMILES string of the molecule is c1ccc(C2(c3ccc(N(c4ccc(C5CC6CCC5C6)cc4)c4ccc5ccccc5c4)cc3)CCCCCCC2)cc1. The van der Waals surface area contributed by atoms with E-state index in [-0.39, 0.29) is 5.41 Å². The second-order valence-electron chi connectivity index (χ2n) is 14.0. The number of rotatable bonds is 6. The van der Waals surface area contributed by atoms with Gasteiger partial charge in [-0.1, -0.05) is 123 Å². The summed E-state index contributed by atoms with van der Waals surface area (Å²) in [5, 5.41) is 2.56. The highest BCUT2D eigenvalue weighted by Gasteiger charge is 2.40. The highest BCUT2D eigenvalue weighted by atomic mass is 15.1. The Bertz CT molecular complexity index is 1690. The highest BCUT2D eigenvalue weighted by Crippen LogP contribution is 2.53. The third-order valence-corrected chi connectivity index (χ3v) is 11.5. The molecule has 3 fully saturated rings. The van der Waals surface area contributed by atoms with Gasteiger partial charge in [0.05, 0.1) is 0 Å². The molecule has 0 amide bonds. The Balaban J connectivity index is 1.18. The number of benzene rings is 5. The summed E-state index contributed by atoms with van der Waals surface area (Å²) < 4.78 is 0. The molecule has 8 rings (SSSR count). The lowest BCUT2D eigenvalue weighted by Crippen LogP contribution is -2.29. The van der Waals surface area contributed by atoms with Gasteiger partial charge in [0.25, 0.3) is 0 Å². The monoisotopic (exact) mass is 575 g/mol. The molecule has 1 heteroatoms. The van der Waals surface area contributed by atoms with Crippen LogP contribution in [0.5, 0.6) is 0 Å². The van der Waals surface area contributed by atoms with E-state index in [1.807, 2.05) is 0 Å². The van der Waals surface area contributed by atoms with Crippen LogP contribution in [0.4, 0.5) is 17.1 Å². The van der Waals surface area contributed by atoms with Crippen molar-refractivity contribution in [1.29, 1.82) is 0 Å². The van der Waals surface area contributed by atoms with Crippen LogP contribution in [0.3, 0.4) is 0 Å². The van der Waals surface area contributed by atoms with Crippen LogP contribution in [0, 0.1) is 11.8 Å². The zero-order valence-electron chi connectivity index (χ0n) is 26.0. The summed E-state index contributed by atoms with van der Waals surface area (Å²) in [4.78, 5) is 2.47. The van der Waals surface area contributed by atoms with Crippen molar-refractivity contribution in [3.05, 3.63) is 138 Å². The van der Waals surface area contributed by atoms with E-state index in [1.54, 1.807) is 5.56 Å². The molecule has 0 saturated heterocycles. The fraction of sp³-hybridized carbons (Fsp3) is 0.349. The Kier molecular flexibility index (Phi) is 7.50. The summed E-state index contributed by atoms with van der Waals surface area (Å²) in [6, 6.07) is 46.3. The molecule has 0 N–H and O–H groups in total. The minimum atomic E-state index is 0.0936. The van der Waals surface area contributed by atoms with E-state index in [1.165, 1.54) is 110 Å². The van der Waals surface area contributed by atoms with Gasteiger partial charge in [0.2, 0.25) is 0 Å². The van der Waals surface area contributed by atoms with E-state index < -0.39 is 0 Å². The molecule has 2 bridgehead atoms. The van der Waals surface area contributed by atoms with Crippen molar-refractivity contribution in [1.82, 2.24) is 0 Å². The van der Waals surface area contributed by atoms with Crippen molar-refractivity contribution in [3.8, 4) is 0 Å². The molecule has 3 unspecified atom stereocenters. The molecule has 3 saturated carbocycles. The highest BCUT2D eigenvalue weighted by molar-refractivity contribution is 5.89. The molecular weight excluding hydrogens is 530 g/mol. The molecular formula is C43H45N. The summed E-state index contributed by atoms with van der Waals surface area (Å²) in [6.07, 6.45) is 14.9. The second-order valence-corrected chi connectivity index (χ2v) is 14.0. The van der Waals surface area contributed by atoms with Gasteiger partial charge in [-0.05, 0) is 114 Å². The first-order valence-corrected chi connectivity index (χ1v) is 17.3. The van der Waals surface area contributed by atoms with Gasteiger partial charge >= 0.3 is 0 Å². The summed E-state index contributed by atoms with van der Waals surface area (Å²) in [6.45, 7) is 0. The molecule has 0 spiro atoms. The fourth-order valence-electron chi connectivity index (χ4n) is 9.23. The van der Waals surface area contributed by atoms with Crippen molar-refractivity contribution in [2.75, 3.05) is 4.90 Å². The van der Waals surface area contributed by atoms with Crippen LogP contribution in [0.1, 0.15) is 93.2 Å². The number of hydrogen-bond donors (Lipinski definition) is 0. The van der Waals surface area contributed by atoms with Gasteiger partial charge < -0.3 is 4.90 Å². The third-order valence-electron chi connectivity index (χ3n) is 11.5. The summed E-state index contributed by atoms with van der Waals surface area (Å²) >= 11 is 0. The molecule has 0 radical (unpaired) electrons. The molecule has 1 nitrogen and oxygen atoms in total. The van der Waals surface area contributed by atoms with Crippen molar-refractivity contribution in [3.63, 3.8) is 0 Å². The zero-order valence-corrected chi connectivity index (χ0v) is 26.0. The maximum absolute atomic E-state index is 2.47. The Morgan fingerprint density at radius 1 is 0.500 bits per heavy atom. The van der Waals surface area contributed by atoms with Crippen LogP contribution >= 0.6 is 0 Å².